The summed E-state index contributed by atoms with van der Waals surface area (Å²) in [5, 5.41) is 2.86. The van der Waals surface area contributed by atoms with Crippen LogP contribution in [0.2, 0.25) is 0 Å². The number of aromatic nitrogens is 2. The van der Waals surface area contributed by atoms with Crippen LogP contribution >= 0.6 is 0 Å². The molecule has 1 aliphatic heterocycles. The fourth-order valence-corrected chi connectivity index (χ4v) is 2.29. The maximum atomic E-state index is 12.1. The van der Waals surface area contributed by atoms with Crippen LogP contribution in [0.5, 0.6) is 0 Å². The minimum Gasteiger partial charge on any atom is -0.321 e. The van der Waals surface area contributed by atoms with Crippen molar-refractivity contribution in [3.63, 3.8) is 0 Å². The maximum Gasteiger partial charge on any atom is 0.256 e. The van der Waals surface area contributed by atoms with Gasteiger partial charge in [-0.1, -0.05) is 18.2 Å². The Balaban J connectivity index is 2.14. The number of hydrogen-bond acceptors (Lipinski definition) is 3. The van der Waals surface area contributed by atoms with Crippen LogP contribution in [-0.4, -0.2) is 15.9 Å². The molecule has 2 aromatic rings. The summed E-state index contributed by atoms with van der Waals surface area (Å²) in [4.78, 5) is 21.1. The SMILES string of the molecule is Cc1nc(C)c(/C=C2\C(=O)Nc3ccccc32)nc1C. The maximum absolute atomic E-state index is 12.1. The van der Waals surface area contributed by atoms with E-state index in [2.05, 4.69) is 15.3 Å². The van der Waals surface area contributed by atoms with Gasteiger partial charge in [-0.3, -0.25) is 9.78 Å². The first-order chi connectivity index (χ1) is 9.56. The van der Waals surface area contributed by atoms with Crippen LogP contribution in [0.3, 0.4) is 0 Å². The summed E-state index contributed by atoms with van der Waals surface area (Å²) < 4.78 is 0. The van der Waals surface area contributed by atoms with Crippen molar-refractivity contribution in [2.75, 3.05) is 5.32 Å². The Morgan fingerprint density at radius 3 is 2.50 bits per heavy atom. The van der Waals surface area contributed by atoms with E-state index < -0.39 is 0 Å². The number of nitrogens with one attached hydrogen (secondary N) is 1. The molecule has 0 unspecified atom stereocenters. The number of amides is 1. The lowest BCUT2D eigenvalue weighted by molar-refractivity contribution is -0.110. The minimum absolute atomic E-state index is 0.0920. The van der Waals surface area contributed by atoms with Gasteiger partial charge in [0.15, 0.2) is 0 Å². The van der Waals surface area contributed by atoms with Gasteiger partial charge in [0.1, 0.15) is 0 Å². The van der Waals surface area contributed by atoms with Crippen molar-refractivity contribution in [1.29, 1.82) is 0 Å². The monoisotopic (exact) mass is 265 g/mol. The van der Waals surface area contributed by atoms with Crippen LogP contribution in [0.25, 0.3) is 11.6 Å². The predicted octanol–water partition coefficient (Wildman–Crippen LogP) is 2.89. The van der Waals surface area contributed by atoms with Crippen molar-refractivity contribution < 1.29 is 4.79 Å². The highest BCUT2D eigenvalue weighted by molar-refractivity contribution is 6.34. The van der Waals surface area contributed by atoms with Crippen molar-refractivity contribution >= 4 is 23.2 Å². The fourth-order valence-electron chi connectivity index (χ4n) is 2.29. The standard InChI is InChI=1S/C16H15N3O/c1-9-10(2)18-15(11(3)17-9)8-13-12-6-4-5-7-14(12)19-16(13)20/h4-8H,1-3H3,(H,19,20)/b13-8-. The van der Waals surface area contributed by atoms with E-state index in [1.807, 2.05) is 51.1 Å². The molecular formula is C16H15N3O. The predicted molar refractivity (Wildman–Crippen MR) is 79.2 cm³/mol. The summed E-state index contributed by atoms with van der Waals surface area (Å²) in [6.45, 7) is 5.76. The molecule has 20 heavy (non-hydrogen) atoms. The Bertz CT molecular complexity index is 747. The fraction of sp³-hybridized carbons (Fsp3) is 0.188. The van der Waals surface area contributed by atoms with Gasteiger partial charge < -0.3 is 5.32 Å². The lowest BCUT2D eigenvalue weighted by Gasteiger charge is -2.05. The second kappa shape index (κ2) is 4.56. The number of benzene rings is 1. The van der Waals surface area contributed by atoms with Gasteiger partial charge in [0, 0.05) is 11.3 Å². The van der Waals surface area contributed by atoms with Crippen molar-refractivity contribution in [3.8, 4) is 0 Å². The molecule has 0 saturated heterocycles. The number of hydrogen-bond donors (Lipinski definition) is 1. The Morgan fingerprint density at radius 2 is 1.70 bits per heavy atom. The van der Waals surface area contributed by atoms with Crippen molar-refractivity contribution in [2.24, 2.45) is 0 Å². The minimum atomic E-state index is -0.0920. The van der Waals surface area contributed by atoms with Crippen LogP contribution in [-0.2, 0) is 4.79 Å². The number of aryl methyl sites for hydroxylation is 3. The second-order valence-corrected chi connectivity index (χ2v) is 4.92. The highest BCUT2D eigenvalue weighted by Gasteiger charge is 2.23. The van der Waals surface area contributed by atoms with E-state index in [1.165, 1.54) is 0 Å². The molecule has 4 nitrogen and oxygen atoms in total. The zero-order valence-corrected chi connectivity index (χ0v) is 11.7. The summed E-state index contributed by atoms with van der Waals surface area (Å²) in [5.74, 6) is -0.0920. The molecule has 0 radical (unpaired) electrons. The number of nitrogens with zero attached hydrogens (tertiary/aromatic N) is 2. The first kappa shape index (κ1) is 12.5. The van der Waals surface area contributed by atoms with Gasteiger partial charge in [-0.05, 0) is 32.9 Å². The Kier molecular flexibility index (Phi) is 2.86. The van der Waals surface area contributed by atoms with Gasteiger partial charge in [0.2, 0.25) is 0 Å². The van der Waals surface area contributed by atoms with Crippen LogP contribution in [0.15, 0.2) is 24.3 Å². The molecule has 0 atom stereocenters. The first-order valence-corrected chi connectivity index (χ1v) is 6.50. The topological polar surface area (TPSA) is 54.9 Å². The van der Waals surface area contributed by atoms with Crippen LogP contribution in [0.4, 0.5) is 5.69 Å². The van der Waals surface area contributed by atoms with Crippen LogP contribution < -0.4 is 5.32 Å². The molecule has 2 heterocycles. The molecule has 1 N–H and O–H groups in total. The van der Waals surface area contributed by atoms with Gasteiger partial charge in [-0.2, -0.15) is 0 Å². The van der Waals surface area contributed by atoms with Crippen molar-refractivity contribution in [2.45, 2.75) is 20.8 Å². The molecule has 0 aliphatic carbocycles. The molecule has 0 spiro atoms. The molecule has 100 valence electrons. The molecule has 0 fully saturated rings. The van der Waals surface area contributed by atoms with E-state index in [9.17, 15) is 4.79 Å². The Labute approximate surface area is 117 Å². The molecule has 0 saturated carbocycles. The molecule has 1 aromatic carbocycles. The van der Waals surface area contributed by atoms with Gasteiger partial charge in [0.05, 0.1) is 28.3 Å². The van der Waals surface area contributed by atoms with E-state index >= 15 is 0 Å². The highest BCUT2D eigenvalue weighted by atomic mass is 16.2. The number of para-hydroxylation sites is 1. The van der Waals surface area contributed by atoms with E-state index in [0.29, 0.717) is 5.57 Å². The zero-order valence-electron chi connectivity index (χ0n) is 11.7. The number of carbonyl (C=O) groups excluding carboxylic acids is 1. The smallest absolute Gasteiger partial charge is 0.256 e. The number of rotatable bonds is 1. The average molecular weight is 265 g/mol. The summed E-state index contributed by atoms with van der Waals surface area (Å²) in [6, 6.07) is 7.66. The van der Waals surface area contributed by atoms with Crippen LogP contribution in [0.1, 0.15) is 28.3 Å². The molecule has 1 aliphatic rings. The molecule has 3 rings (SSSR count). The largest absolute Gasteiger partial charge is 0.321 e. The van der Waals surface area contributed by atoms with Gasteiger partial charge in [-0.25, -0.2) is 4.98 Å². The van der Waals surface area contributed by atoms with E-state index in [4.69, 9.17) is 0 Å². The third kappa shape index (κ3) is 1.99. The normalized spacial score (nSPS) is 15.3. The van der Waals surface area contributed by atoms with Crippen molar-refractivity contribution in [3.05, 3.63) is 52.6 Å². The van der Waals surface area contributed by atoms with E-state index in [1.54, 1.807) is 0 Å². The highest BCUT2D eigenvalue weighted by Crippen LogP contribution is 2.32. The van der Waals surface area contributed by atoms with Gasteiger partial charge >= 0.3 is 0 Å². The third-order valence-corrected chi connectivity index (χ3v) is 3.51. The average Bonchev–Trinajstić information content (AvgIpc) is 2.72. The molecular weight excluding hydrogens is 250 g/mol. The van der Waals surface area contributed by atoms with E-state index in [0.717, 1.165) is 34.0 Å². The van der Waals surface area contributed by atoms with Crippen molar-refractivity contribution in [1.82, 2.24) is 9.97 Å². The molecule has 4 heteroatoms. The molecule has 0 bridgehead atoms. The number of fused-ring (bicyclic) bond motifs is 1. The summed E-state index contributed by atoms with van der Waals surface area (Å²) >= 11 is 0. The lowest BCUT2D eigenvalue weighted by Crippen LogP contribution is -2.05. The second-order valence-electron chi connectivity index (χ2n) is 4.92. The lowest BCUT2D eigenvalue weighted by atomic mass is 10.1. The van der Waals surface area contributed by atoms with Gasteiger partial charge in [0.25, 0.3) is 5.91 Å². The molecule has 1 aromatic heterocycles. The van der Waals surface area contributed by atoms with Crippen LogP contribution in [0, 0.1) is 20.8 Å². The quantitative estimate of drug-likeness (QED) is 0.807. The summed E-state index contributed by atoms with van der Waals surface area (Å²) in [5.41, 5.74) is 5.78. The molecule has 1 amide bonds. The summed E-state index contributed by atoms with van der Waals surface area (Å²) in [7, 11) is 0. The Morgan fingerprint density at radius 1 is 1.00 bits per heavy atom. The summed E-state index contributed by atoms with van der Waals surface area (Å²) in [6.07, 6.45) is 1.82. The number of carbonyl (C=O) groups is 1. The number of anilines is 1. The van der Waals surface area contributed by atoms with E-state index in [-0.39, 0.29) is 5.91 Å². The Hall–Kier alpha value is -2.49. The van der Waals surface area contributed by atoms with Gasteiger partial charge in [-0.15, -0.1) is 0 Å². The third-order valence-electron chi connectivity index (χ3n) is 3.51. The zero-order chi connectivity index (χ0) is 14.3. The first-order valence-electron chi connectivity index (χ1n) is 6.50.